The zero-order valence-corrected chi connectivity index (χ0v) is 12.4. The van der Waals surface area contributed by atoms with Crippen LogP contribution in [0.25, 0.3) is 6.08 Å². The molecule has 1 N–H and O–H groups in total. The van der Waals surface area contributed by atoms with Crippen LogP contribution in [0.1, 0.15) is 29.4 Å². The molecule has 1 amide bonds. The van der Waals surface area contributed by atoms with Gasteiger partial charge < -0.3 is 9.88 Å². The summed E-state index contributed by atoms with van der Waals surface area (Å²) < 4.78 is 0. The molecule has 2 heterocycles. The van der Waals surface area contributed by atoms with E-state index in [4.69, 9.17) is 0 Å². The number of carbonyl (C=O) groups is 1. The third kappa shape index (κ3) is 2.83. The number of nitrogens with zero attached hydrogens (tertiary/aromatic N) is 2. The van der Waals surface area contributed by atoms with Crippen LogP contribution in [-0.2, 0) is 24.2 Å². The maximum Gasteiger partial charge on any atom is 0.254 e. The Balaban J connectivity index is 1.75. The minimum atomic E-state index is -0.235. The molecular weight excluding hydrogens is 278 g/mol. The fourth-order valence-electron chi connectivity index (χ4n) is 2.45. The number of benzene rings is 1. The lowest BCUT2D eigenvalue weighted by Gasteiger charge is -2.23. The first-order valence-electron chi connectivity index (χ1n) is 7.30. The van der Waals surface area contributed by atoms with Crippen molar-refractivity contribution in [1.82, 2.24) is 14.9 Å². The van der Waals surface area contributed by atoms with E-state index in [0.29, 0.717) is 24.4 Å². The highest BCUT2D eigenvalue weighted by Gasteiger charge is 2.18. The highest BCUT2D eigenvalue weighted by atomic mass is 16.2. The zero-order valence-electron chi connectivity index (χ0n) is 12.4. The topological polar surface area (TPSA) is 66.1 Å². The second-order valence-corrected chi connectivity index (χ2v) is 5.25. The molecule has 0 bridgehead atoms. The maximum absolute atomic E-state index is 12.4. The first kappa shape index (κ1) is 14.3. The lowest BCUT2D eigenvalue weighted by atomic mass is 10.0. The minimum absolute atomic E-state index is 0.0544. The van der Waals surface area contributed by atoms with Crippen LogP contribution in [0.15, 0.2) is 41.5 Å². The van der Waals surface area contributed by atoms with Crippen molar-refractivity contribution in [3.05, 3.63) is 69.5 Å². The van der Waals surface area contributed by atoms with Gasteiger partial charge in [-0.15, -0.1) is 0 Å². The van der Waals surface area contributed by atoms with Crippen LogP contribution >= 0.6 is 0 Å². The van der Waals surface area contributed by atoms with Gasteiger partial charge in [-0.05, 0) is 17.2 Å². The van der Waals surface area contributed by atoms with Gasteiger partial charge in [0.05, 0.1) is 13.0 Å². The first-order chi connectivity index (χ1) is 10.7. The molecule has 0 saturated heterocycles. The summed E-state index contributed by atoms with van der Waals surface area (Å²) in [7, 11) is 0. The predicted molar refractivity (Wildman–Crippen MR) is 84.0 cm³/mol. The molecule has 0 saturated carbocycles. The number of hydrogen-bond acceptors (Lipinski definition) is 3. The summed E-state index contributed by atoms with van der Waals surface area (Å²) in [5.74, 6) is 0.523. The van der Waals surface area contributed by atoms with Crippen LogP contribution in [-0.4, -0.2) is 20.8 Å². The van der Waals surface area contributed by atoms with Crippen LogP contribution in [0.2, 0.25) is 0 Å². The number of nitrogens with one attached hydrogen (secondary N) is 1. The van der Waals surface area contributed by atoms with Gasteiger partial charge in [0.25, 0.3) is 5.56 Å². The molecule has 22 heavy (non-hydrogen) atoms. The van der Waals surface area contributed by atoms with Crippen LogP contribution in [0.4, 0.5) is 0 Å². The molecule has 112 valence electrons. The Morgan fingerprint density at radius 1 is 1.36 bits per heavy atom. The third-order valence-electron chi connectivity index (χ3n) is 3.75. The van der Waals surface area contributed by atoms with E-state index in [-0.39, 0.29) is 17.9 Å². The Labute approximate surface area is 128 Å². The van der Waals surface area contributed by atoms with Gasteiger partial charge in [0.2, 0.25) is 5.91 Å². The number of aromatic amines is 1. The Bertz CT molecular complexity index is 792. The van der Waals surface area contributed by atoms with E-state index < -0.39 is 0 Å². The van der Waals surface area contributed by atoms with Crippen LogP contribution in [0.5, 0.6) is 0 Å². The van der Waals surface area contributed by atoms with Crippen molar-refractivity contribution in [1.29, 1.82) is 0 Å². The van der Waals surface area contributed by atoms with Gasteiger partial charge in [0.1, 0.15) is 5.82 Å². The summed E-state index contributed by atoms with van der Waals surface area (Å²) in [5.41, 5.74) is 2.39. The number of hydrogen-bond donors (Lipinski definition) is 1. The Hall–Kier alpha value is -2.69. The summed E-state index contributed by atoms with van der Waals surface area (Å²) in [6.07, 6.45) is 5.90. The highest BCUT2D eigenvalue weighted by Crippen LogP contribution is 2.19. The average Bonchev–Trinajstić information content (AvgIpc) is 2.56. The molecule has 1 aromatic carbocycles. The Morgan fingerprint density at radius 3 is 2.95 bits per heavy atom. The van der Waals surface area contributed by atoms with Gasteiger partial charge in [0.15, 0.2) is 0 Å². The molecule has 1 aliphatic heterocycles. The third-order valence-corrected chi connectivity index (χ3v) is 3.75. The van der Waals surface area contributed by atoms with Crippen molar-refractivity contribution in [2.24, 2.45) is 0 Å². The minimum Gasteiger partial charge on any atom is -0.314 e. The van der Waals surface area contributed by atoms with Crippen LogP contribution in [0, 0.1) is 0 Å². The predicted octanol–water partition coefficient (Wildman–Crippen LogP) is 1.89. The molecule has 0 spiro atoms. The number of aryl methyl sites for hydroxylation is 1. The van der Waals surface area contributed by atoms with Crippen molar-refractivity contribution < 1.29 is 4.79 Å². The summed E-state index contributed by atoms with van der Waals surface area (Å²) in [6.45, 7) is 2.45. The fourth-order valence-corrected chi connectivity index (χ4v) is 2.45. The van der Waals surface area contributed by atoms with Crippen molar-refractivity contribution in [3.63, 3.8) is 0 Å². The van der Waals surface area contributed by atoms with E-state index in [9.17, 15) is 9.59 Å². The molecule has 2 aromatic rings. The van der Waals surface area contributed by atoms with Crippen LogP contribution < -0.4 is 5.56 Å². The van der Waals surface area contributed by atoms with E-state index in [1.165, 1.54) is 6.20 Å². The van der Waals surface area contributed by atoms with Crippen molar-refractivity contribution >= 4 is 12.0 Å². The van der Waals surface area contributed by atoms with Crippen molar-refractivity contribution in [2.45, 2.75) is 26.3 Å². The van der Waals surface area contributed by atoms with Crippen LogP contribution in [0.3, 0.4) is 0 Å². The number of fused-ring (bicyclic) bond motifs is 1. The maximum atomic E-state index is 12.4. The second-order valence-electron chi connectivity index (χ2n) is 5.25. The average molecular weight is 295 g/mol. The van der Waals surface area contributed by atoms with Crippen molar-refractivity contribution in [3.8, 4) is 0 Å². The highest BCUT2D eigenvalue weighted by molar-refractivity contribution is 5.81. The molecular formula is C17H17N3O2. The molecule has 0 unspecified atom stereocenters. The first-order valence-corrected chi connectivity index (χ1v) is 7.30. The van der Waals surface area contributed by atoms with Gasteiger partial charge in [-0.2, -0.15) is 0 Å². The zero-order chi connectivity index (χ0) is 15.5. The number of aromatic nitrogens is 2. The number of H-pyrrole nitrogens is 1. The van der Waals surface area contributed by atoms with Gasteiger partial charge in [-0.1, -0.05) is 31.2 Å². The molecule has 5 heteroatoms. The lowest BCUT2D eigenvalue weighted by molar-refractivity contribution is -0.128. The van der Waals surface area contributed by atoms with E-state index in [1.807, 2.05) is 37.3 Å². The molecule has 0 fully saturated rings. The lowest BCUT2D eigenvalue weighted by Crippen LogP contribution is -2.31. The molecule has 0 radical (unpaired) electrons. The second kappa shape index (κ2) is 5.97. The SMILES string of the molecule is CCc1ncc(CC(=O)N2C=Cc3ccccc3C2)c(=O)[nH]1. The molecule has 1 aliphatic rings. The summed E-state index contributed by atoms with van der Waals surface area (Å²) in [6, 6.07) is 7.95. The standard InChI is InChI=1S/C17H17N3O2/c1-2-15-18-10-14(17(22)19-15)9-16(21)20-8-7-12-5-3-4-6-13(12)11-20/h3-8,10H,2,9,11H2,1H3,(H,18,19,22). The Morgan fingerprint density at radius 2 is 2.18 bits per heavy atom. The molecule has 0 aliphatic carbocycles. The quantitative estimate of drug-likeness (QED) is 0.940. The molecule has 5 nitrogen and oxygen atoms in total. The molecule has 3 rings (SSSR count). The van der Waals surface area contributed by atoms with E-state index >= 15 is 0 Å². The number of carbonyl (C=O) groups excluding carboxylic acids is 1. The van der Waals surface area contributed by atoms with Gasteiger partial charge in [-0.3, -0.25) is 9.59 Å². The monoisotopic (exact) mass is 295 g/mol. The summed E-state index contributed by atoms with van der Waals surface area (Å²) in [5, 5.41) is 0. The van der Waals surface area contributed by atoms with Gasteiger partial charge >= 0.3 is 0 Å². The summed E-state index contributed by atoms with van der Waals surface area (Å²) >= 11 is 0. The van der Waals surface area contributed by atoms with Gasteiger partial charge in [0, 0.05) is 24.4 Å². The molecule has 0 atom stereocenters. The van der Waals surface area contributed by atoms with Crippen molar-refractivity contribution in [2.75, 3.05) is 0 Å². The number of amides is 1. The Kier molecular flexibility index (Phi) is 3.87. The van der Waals surface area contributed by atoms with E-state index in [2.05, 4.69) is 9.97 Å². The fraction of sp³-hybridized carbons (Fsp3) is 0.235. The number of rotatable bonds is 3. The van der Waals surface area contributed by atoms with E-state index in [1.54, 1.807) is 11.1 Å². The normalized spacial score (nSPS) is 13.0. The van der Waals surface area contributed by atoms with Gasteiger partial charge in [-0.25, -0.2) is 4.98 Å². The summed E-state index contributed by atoms with van der Waals surface area (Å²) in [4.78, 5) is 32.8. The molecule has 1 aromatic heterocycles. The largest absolute Gasteiger partial charge is 0.314 e. The smallest absolute Gasteiger partial charge is 0.254 e. The van der Waals surface area contributed by atoms with E-state index in [0.717, 1.165) is 11.1 Å².